The molecule has 1 N–H and O–H groups in total. The number of oxazole rings is 1. The second-order valence-electron chi connectivity index (χ2n) is 7.73. The van der Waals surface area contributed by atoms with E-state index in [1.165, 1.54) is 5.56 Å². The van der Waals surface area contributed by atoms with Gasteiger partial charge in [-0.3, -0.25) is 4.90 Å². The highest BCUT2D eigenvalue weighted by Crippen LogP contribution is 2.24. The molecule has 0 unspecified atom stereocenters. The summed E-state index contributed by atoms with van der Waals surface area (Å²) in [4.78, 5) is 7.09. The molecule has 8 nitrogen and oxygen atoms in total. The fraction of sp³-hybridized carbons (Fsp3) is 0.304. The van der Waals surface area contributed by atoms with Crippen molar-refractivity contribution < 1.29 is 9.15 Å². The second-order valence-corrected chi connectivity index (χ2v) is 7.73. The van der Waals surface area contributed by atoms with Crippen LogP contribution in [0.3, 0.4) is 0 Å². The van der Waals surface area contributed by atoms with Crippen LogP contribution >= 0.6 is 0 Å². The van der Waals surface area contributed by atoms with E-state index in [1.54, 1.807) is 6.26 Å². The molecule has 158 valence electrons. The van der Waals surface area contributed by atoms with Crippen LogP contribution in [0.4, 0.5) is 0 Å². The van der Waals surface area contributed by atoms with E-state index in [-0.39, 0.29) is 0 Å². The van der Waals surface area contributed by atoms with Crippen LogP contribution in [0.15, 0.2) is 65.3 Å². The number of tetrazole rings is 1. The Morgan fingerprint density at radius 3 is 2.68 bits per heavy atom. The van der Waals surface area contributed by atoms with Gasteiger partial charge in [0, 0.05) is 30.8 Å². The van der Waals surface area contributed by atoms with Crippen LogP contribution in [0, 0.1) is 0 Å². The van der Waals surface area contributed by atoms with E-state index in [0.717, 1.165) is 49.3 Å². The second kappa shape index (κ2) is 9.20. The van der Waals surface area contributed by atoms with Crippen molar-refractivity contribution in [1.29, 1.82) is 0 Å². The highest BCUT2D eigenvalue weighted by atomic mass is 16.5. The predicted molar refractivity (Wildman–Crippen MR) is 115 cm³/mol. The number of piperidine rings is 1. The third kappa shape index (κ3) is 4.87. The molecule has 31 heavy (non-hydrogen) atoms. The molecule has 1 saturated heterocycles. The van der Waals surface area contributed by atoms with Crippen molar-refractivity contribution in [3.05, 3.63) is 72.1 Å². The van der Waals surface area contributed by atoms with Crippen LogP contribution < -0.4 is 0 Å². The minimum atomic E-state index is 0.317. The molecule has 0 atom stereocenters. The van der Waals surface area contributed by atoms with Gasteiger partial charge in [-0.2, -0.15) is 5.21 Å². The van der Waals surface area contributed by atoms with Gasteiger partial charge in [-0.05, 0) is 35.8 Å². The Kier molecular flexibility index (Phi) is 5.81. The highest BCUT2D eigenvalue weighted by Gasteiger charge is 2.21. The number of ether oxygens (including phenoxy) is 1. The number of benzene rings is 2. The summed E-state index contributed by atoms with van der Waals surface area (Å²) >= 11 is 0. The van der Waals surface area contributed by atoms with E-state index in [0.29, 0.717) is 24.4 Å². The molecule has 0 amide bonds. The third-order valence-corrected chi connectivity index (χ3v) is 5.51. The zero-order chi connectivity index (χ0) is 20.9. The third-order valence-electron chi connectivity index (χ3n) is 5.51. The summed E-state index contributed by atoms with van der Waals surface area (Å²) in [5, 5.41) is 14.1. The smallest absolute Gasteiger partial charge is 0.226 e. The maximum Gasteiger partial charge on any atom is 0.226 e. The number of likely N-dealkylation sites (tertiary alicyclic amines) is 1. The summed E-state index contributed by atoms with van der Waals surface area (Å²) in [6.07, 6.45) is 4.13. The number of nitrogens with one attached hydrogen (secondary N) is 1. The molecule has 0 spiro atoms. The van der Waals surface area contributed by atoms with Crippen LogP contribution in [0.5, 0.6) is 0 Å². The Bertz CT molecular complexity index is 1090. The molecule has 2 aromatic carbocycles. The fourth-order valence-corrected chi connectivity index (χ4v) is 3.84. The number of H-pyrrole nitrogens is 1. The molecule has 1 fully saturated rings. The first-order valence-corrected chi connectivity index (χ1v) is 10.5. The molecule has 2 aromatic heterocycles. The summed E-state index contributed by atoms with van der Waals surface area (Å²) in [6.45, 7) is 3.45. The van der Waals surface area contributed by atoms with E-state index < -0.39 is 0 Å². The minimum Gasteiger partial charge on any atom is -0.444 e. The molecule has 0 radical (unpaired) electrons. The first-order chi connectivity index (χ1) is 15.3. The lowest BCUT2D eigenvalue weighted by Crippen LogP contribution is -2.36. The van der Waals surface area contributed by atoms with Gasteiger partial charge < -0.3 is 9.15 Å². The van der Waals surface area contributed by atoms with E-state index in [4.69, 9.17) is 9.15 Å². The number of rotatable bonds is 7. The SMILES string of the molecule is c1ccc(COC2CCN(Cc3coc(-c4cccc(-c5nn[nH]n5)c4)n3)CC2)cc1. The van der Waals surface area contributed by atoms with Crippen LogP contribution in [-0.4, -0.2) is 49.7 Å². The van der Waals surface area contributed by atoms with Gasteiger partial charge in [0.1, 0.15) is 6.26 Å². The van der Waals surface area contributed by atoms with Crippen molar-refractivity contribution in [2.24, 2.45) is 0 Å². The molecule has 1 aliphatic heterocycles. The lowest BCUT2D eigenvalue weighted by molar-refractivity contribution is -0.00414. The van der Waals surface area contributed by atoms with Gasteiger partial charge in [-0.1, -0.05) is 42.5 Å². The normalized spacial score (nSPS) is 15.4. The summed E-state index contributed by atoms with van der Waals surface area (Å²) in [5.74, 6) is 1.15. The quantitative estimate of drug-likeness (QED) is 0.491. The van der Waals surface area contributed by atoms with Gasteiger partial charge in [0.25, 0.3) is 0 Å². The van der Waals surface area contributed by atoms with Crippen molar-refractivity contribution in [2.45, 2.75) is 32.1 Å². The zero-order valence-electron chi connectivity index (χ0n) is 17.1. The molecular formula is C23H24N6O2. The van der Waals surface area contributed by atoms with Crippen LogP contribution in [0.2, 0.25) is 0 Å². The maximum atomic E-state index is 6.09. The molecule has 1 aliphatic rings. The van der Waals surface area contributed by atoms with Crippen molar-refractivity contribution >= 4 is 0 Å². The average molecular weight is 416 g/mol. The van der Waals surface area contributed by atoms with Crippen LogP contribution in [-0.2, 0) is 17.9 Å². The lowest BCUT2D eigenvalue weighted by Gasteiger charge is -2.31. The van der Waals surface area contributed by atoms with E-state index in [2.05, 4.69) is 54.8 Å². The van der Waals surface area contributed by atoms with Gasteiger partial charge in [0.2, 0.25) is 11.7 Å². The number of aromatic nitrogens is 5. The lowest BCUT2D eigenvalue weighted by atomic mass is 10.1. The Hall–Kier alpha value is -3.36. The molecule has 4 aromatic rings. The van der Waals surface area contributed by atoms with Gasteiger partial charge in [0.05, 0.1) is 18.4 Å². The summed E-state index contributed by atoms with van der Waals surface area (Å²) < 4.78 is 11.8. The topological polar surface area (TPSA) is 93.0 Å². The summed E-state index contributed by atoms with van der Waals surface area (Å²) in [5.41, 5.74) is 3.91. The number of hydrogen-bond donors (Lipinski definition) is 1. The Morgan fingerprint density at radius 1 is 1.03 bits per heavy atom. The van der Waals surface area contributed by atoms with Crippen molar-refractivity contribution in [3.8, 4) is 22.8 Å². The molecular weight excluding hydrogens is 392 g/mol. The van der Waals surface area contributed by atoms with Crippen molar-refractivity contribution in [1.82, 2.24) is 30.5 Å². The summed E-state index contributed by atoms with van der Waals surface area (Å²) in [6, 6.07) is 18.1. The molecule has 5 rings (SSSR count). The van der Waals surface area contributed by atoms with Crippen molar-refractivity contribution in [3.63, 3.8) is 0 Å². The molecule has 3 heterocycles. The maximum absolute atomic E-state index is 6.09. The Labute approximate surface area is 180 Å². The molecule has 0 aliphatic carbocycles. The first-order valence-electron chi connectivity index (χ1n) is 10.5. The van der Waals surface area contributed by atoms with Crippen LogP contribution in [0.1, 0.15) is 24.1 Å². The van der Waals surface area contributed by atoms with Gasteiger partial charge >= 0.3 is 0 Å². The predicted octanol–water partition coefficient (Wildman–Crippen LogP) is 3.70. The molecule has 0 bridgehead atoms. The highest BCUT2D eigenvalue weighted by molar-refractivity contribution is 5.64. The van der Waals surface area contributed by atoms with Gasteiger partial charge in [0.15, 0.2) is 0 Å². The Balaban J connectivity index is 1.14. The van der Waals surface area contributed by atoms with E-state index in [9.17, 15) is 0 Å². The molecule has 8 heteroatoms. The minimum absolute atomic E-state index is 0.317. The van der Waals surface area contributed by atoms with E-state index >= 15 is 0 Å². The van der Waals surface area contributed by atoms with E-state index in [1.807, 2.05) is 30.3 Å². The number of aromatic amines is 1. The standard InChI is InChI=1S/C23H24N6O2/c1-2-5-17(6-3-1)15-30-21-9-11-29(12-10-21)14-20-16-31-23(24-20)19-8-4-7-18(13-19)22-25-27-28-26-22/h1-8,13,16,21H,9-12,14-15H2,(H,25,26,27,28). The fourth-order valence-electron chi connectivity index (χ4n) is 3.84. The largest absolute Gasteiger partial charge is 0.444 e. The average Bonchev–Trinajstić information content (AvgIpc) is 3.52. The van der Waals surface area contributed by atoms with Gasteiger partial charge in [-0.15, -0.1) is 10.2 Å². The van der Waals surface area contributed by atoms with Crippen LogP contribution in [0.25, 0.3) is 22.8 Å². The zero-order valence-corrected chi connectivity index (χ0v) is 17.1. The monoisotopic (exact) mass is 416 g/mol. The van der Waals surface area contributed by atoms with Gasteiger partial charge in [-0.25, -0.2) is 4.98 Å². The molecule has 0 saturated carbocycles. The summed E-state index contributed by atoms with van der Waals surface area (Å²) in [7, 11) is 0. The number of nitrogens with zero attached hydrogens (tertiary/aromatic N) is 5. The van der Waals surface area contributed by atoms with Crippen molar-refractivity contribution in [2.75, 3.05) is 13.1 Å². The first kappa shape index (κ1) is 19.6. The number of hydrogen-bond acceptors (Lipinski definition) is 7. The Morgan fingerprint density at radius 2 is 1.87 bits per heavy atom.